The molecule has 0 aromatic carbocycles. The fourth-order valence-electron chi connectivity index (χ4n) is 3.03. The van der Waals surface area contributed by atoms with Gasteiger partial charge in [0, 0.05) is 15.8 Å². The van der Waals surface area contributed by atoms with Gasteiger partial charge in [-0.05, 0) is 46.1 Å². The van der Waals surface area contributed by atoms with Crippen LogP contribution >= 0.6 is 27.3 Å². The van der Waals surface area contributed by atoms with Crippen LogP contribution in [0.15, 0.2) is 15.9 Å². The van der Waals surface area contributed by atoms with E-state index in [4.69, 9.17) is 4.74 Å². The average molecular weight is 361 g/mol. The molecule has 1 N–H and O–H groups in total. The molecule has 0 amide bonds. The van der Waals surface area contributed by atoms with Gasteiger partial charge in [0.15, 0.2) is 5.41 Å². The number of aliphatic carboxylic acids is 1. The highest BCUT2D eigenvalue weighted by Gasteiger charge is 2.54. The highest BCUT2D eigenvalue weighted by atomic mass is 79.9. The molecule has 1 atom stereocenters. The lowest BCUT2D eigenvalue weighted by atomic mass is 9.71. The van der Waals surface area contributed by atoms with Crippen molar-refractivity contribution in [1.82, 2.24) is 0 Å². The Kier molecular flexibility index (Phi) is 4.86. The fourth-order valence-corrected chi connectivity index (χ4v) is 4.61. The maximum Gasteiger partial charge on any atom is 0.323 e. The van der Waals surface area contributed by atoms with Gasteiger partial charge < -0.3 is 9.84 Å². The molecule has 0 aliphatic heterocycles. The zero-order valence-corrected chi connectivity index (χ0v) is 13.6. The molecule has 2 rings (SSSR count). The molecule has 1 aromatic heterocycles. The Hall–Kier alpha value is -0.880. The molecule has 110 valence electrons. The Morgan fingerprint density at radius 3 is 2.60 bits per heavy atom. The Balaban J connectivity index is 2.43. The van der Waals surface area contributed by atoms with Crippen molar-refractivity contribution in [2.45, 2.75) is 32.1 Å². The van der Waals surface area contributed by atoms with Crippen molar-refractivity contribution in [2.24, 2.45) is 11.3 Å². The predicted molar refractivity (Wildman–Crippen MR) is 79.8 cm³/mol. The quantitative estimate of drug-likeness (QED) is 0.644. The number of carboxylic acids is 1. The summed E-state index contributed by atoms with van der Waals surface area (Å²) in [5.74, 6) is -1.85. The van der Waals surface area contributed by atoms with Crippen LogP contribution in [0.5, 0.6) is 0 Å². The van der Waals surface area contributed by atoms with Gasteiger partial charge >= 0.3 is 11.9 Å². The van der Waals surface area contributed by atoms with Crippen LogP contribution in [-0.4, -0.2) is 24.2 Å². The lowest BCUT2D eigenvalue weighted by Crippen LogP contribution is -2.47. The van der Waals surface area contributed by atoms with E-state index >= 15 is 0 Å². The molecular weight excluding hydrogens is 344 g/mol. The summed E-state index contributed by atoms with van der Waals surface area (Å²) in [4.78, 5) is 25.1. The largest absolute Gasteiger partial charge is 0.480 e. The minimum Gasteiger partial charge on any atom is -0.480 e. The smallest absolute Gasteiger partial charge is 0.323 e. The van der Waals surface area contributed by atoms with E-state index in [2.05, 4.69) is 15.9 Å². The Bertz CT molecular complexity index is 507. The van der Waals surface area contributed by atoms with Gasteiger partial charge in [-0.3, -0.25) is 9.59 Å². The first-order chi connectivity index (χ1) is 9.52. The predicted octanol–water partition coefficient (Wildman–Crippen LogP) is 3.49. The summed E-state index contributed by atoms with van der Waals surface area (Å²) in [7, 11) is 1.26. The Labute approximate surface area is 130 Å². The average Bonchev–Trinajstić information content (AvgIpc) is 3.07. The van der Waals surface area contributed by atoms with Gasteiger partial charge in [-0.1, -0.05) is 12.8 Å². The highest BCUT2D eigenvalue weighted by molar-refractivity contribution is 9.10. The number of carboxylic acid groups (broad SMARTS) is 1. The lowest BCUT2D eigenvalue weighted by Gasteiger charge is -2.32. The molecular formula is C14H17BrO4S. The molecule has 1 aliphatic carbocycles. The maximum absolute atomic E-state index is 12.3. The third-order valence-corrected chi connectivity index (χ3v) is 6.04. The van der Waals surface area contributed by atoms with E-state index in [0.717, 1.165) is 35.0 Å². The number of carbonyl (C=O) groups is 2. The van der Waals surface area contributed by atoms with E-state index < -0.39 is 17.4 Å². The van der Waals surface area contributed by atoms with Crippen molar-refractivity contribution in [2.75, 3.05) is 7.11 Å². The van der Waals surface area contributed by atoms with Crippen LogP contribution in [0.25, 0.3) is 0 Å². The first-order valence-corrected chi connectivity index (χ1v) is 8.23. The van der Waals surface area contributed by atoms with Gasteiger partial charge in [-0.2, -0.15) is 0 Å². The van der Waals surface area contributed by atoms with Gasteiger partial charge in [-0.25, -0.2) is 0 Å². The Morgan fingerprint density at radius 2 is 2.15 bits per heavy atom. The standard InChI is InChI=1S/C14H17BrO4S/c1-19-13(18)14(12(16)17,9-4-2-3-5-9)8-11-10(15)6-7-20-11/h6-7,9H,2-5,8H2,1H3,(H,16,17). The zero-order chi connectivity index (χ0) is 14.8. The molecule has 1 unspecified atom stereocenters. The van der Waals surface area contributed by atoms with Crippen LogP contribution < -0.4 is 0 Å². The van der Waals surface area contributed by atoms with Gasteiger partial charge in [0.1, 0.15) is 0 Å². The van der Waals surface area contributed by atoms with Crippen molar-refractivity contribution >= 4 is 39.2 Å². The molecule has 0 saturated heterocycles. The van der Waals surface area contributed by atoms with E-state index in [1.807, 2.05) is 11.4 Å². The minimum atomic E-state index is -1.46. The summed E-state index contributed by atoms with van der Waals surface area (Å²) < 4.78 is 5.70. The number of esters is 1. The van der Waals surface area contributed by atoms with E-state index in [1.165, 1.54) is 18.4 Å². The second kappa shape index (κ2) is 6.26. The first kappa shape index (κ1) is 15.5. The van der Waals surface area contributed by atoms with Gasteiger partial charge in [0.25, 0.3) is 0 Å². The molecule has 1 aliphatic rings. The molecule has 20 heavy (non-hydrogen) atoms. The molecule has 0 radical (unpaired) electrons. The molecule has 6 heteroatoms. The number of rotatable bonds is 5. The number of carbonyl (C=O) groups excluding carboxylic acids is 1. The second-order valence-corrected chi connectivity index (χ2v) is 6.97. The van der Waals surface area contributed by atoms with Crippen LogP contribution in [0.1, 0.15) is 30.6 Å². The molecule has 1 fully saturated rings. The normalized spacial score (nSPS) is 18.7. The molecule has 0 spiro atoms. The van der Waals surface area contributed by atoms with E-state index in [-0.39, 0.29) is 12.3 Å². The van der Waals surface area contributed by atoms with E-state index in [1.54, 1.807) is 0 Å². The Morgan fingerprint density at radius 1 is 1.50 bits per heavy atom. The van der Waals surface area contributed by atoms with Crippen LogP contribution in [0.4, 0.5) is 0 Å². The maximum atomic E-state index is 12.3. The first-order valence-electron chi connectivity index (χ1n) is 6.56. The summed E-state index contributed by atoms with van der Waals surface area (Å²) in [6.07, 6.45) is 3.68. The summed E-state index contributed by atoms with van der Waals surface area (Å²) in [5, 5.41) is 11.7. The SMILES string of the molecule is COC(=O)C(Cc1sccc1Br)(C(=O)O)C1CCCC1. The number of methoxy groups -OCH3 is 1. The second-order valence-electron chi connectivity index (χ2n) is 5.12. The number of ether oxygens (including phenoxy) is 1. The van der Waals surface area contributed by atoms with Gasteiger partial charge in [-0.15, -0.1) is 11.3 Å². The highest BCUT2D eigenvalue weighted by Crippen LogP contribution is 2.45. The van der Waals surface area contributed by atoms with Crippen LogP contribution in [0, 0.1) is 11.3 Å². The van der Waals surface area contributed by atoms with Crippen molar-refractivity contribution in [3.05, 3.63) is 20.8 Å². The molecule has 1 heterocycles. The lowest BCUT2D eigenvalue weighted by molar-refractivity contribution is -0.171. The van der Waals surface area contributed by atoms with E-state index in [9.17, 15) is 14.7 Å². The third kappa shape index (κ3) is 2.63. The zero-order valence-electron chi connectivity index (χ0n) is 11.2. The van der Waals surface area contributed by atoms with Gasteiger partial charge in [0.05, 0.1) is 7.11 Å². The van der Waals surface area contributed by atoms with Crippen LogP contribution in [0.3, 0.4) is 0 Å². The topological polar surface area (TPSA) is 63.6 Å². The van der Waals surface area contributed by atoms with Crippen LogP contribution in [0.2, 0.25) is 0 Å². The van der Waals surface area contributed by atoms with Crippen molar-refractivity contribution < 1.29 is 19.4 Å². The van der Waals surface area contributed by atoms with Crippen molar-refractivity contribution in [1.29, 1.82) is 0 Å². The van der Waals surface area contributed by atoms with Crippen LogP contribution in [-0.2, 0) is 20.7 Å². The molecule has 4 nitrogen and oxygen atoms in total. The van der Waals surface area contributed by atoms with Crippen molar-refractivity contribution in [3.8, 4) is 0 Å². The summed E-state index contributed by atoms with van der Waals surface area (Å²) in [6.45, 7) is 0. The monoisotopic (exact) mass is 360 g/mol. The number of hydrogen-bond donors (Lipinski definition) is 1. The minimum absolute atomic E-state index is 0.151. The number of hydrogen-bond acceptors (Lipinski definition) is 4. The van der Waals surface area contributed by atoms with E-state index in [0.29, 0.717) is 0 Å². The van der Waals surface area contributed by atoms with Gasteiger partial charge in [0.2, 0.25) is 0 Å². The number of halogens is 1. The number of thiophene rings is 1. The molecule has 1 saturated carbocycles. The molecule has 1 aromatic rings. The fraction of sp³-hybridized carbons (Fsp3) is 0.571. The summed E-state index contributed by atoms with van der Waals surface area (Å²) in [5.41, 5.74) is -1.46. The summed E-state index contributed by atoms with van der Waals surface area (Å²) in [6, 6.07) is 1.87. The third-order valence-electron chi connectivity index (χ3n) is 4.11. The molecule has 0 bridgehead atoms. The summed E-state index contributed by atoms with van der Waals surface area (Å²) >= 11 is 4.88. The van der Waals surface area contributed by atoms with Crippen molar-refractivity contribution in [3.63, 3.8) is 0 Å².